The average Bonchev–Trinajstić information content (AvgIpc) is 2.51. The predicted octanol–water partition coefficient (Wildman–Crippen LogP) is 2.76. The first-order valence-corrected chi connectivity index (χ1v) is 6.76. The number of aryl methyl sites for hydroxylation is 1. The van der Waals surface area contributed by atoms with Gasteiger partial charge in [0.05, 0.1) is 30.9 Å². The van der Waals surface area contributed by atoms with Crippen LogP contribution in [0.4, 0.5) is 0 Å². The van der Waals surface area contributed by atoms with Crippen LogP contribution in [0.3, 0.4) is 0 Å². The van der Waals surface area contributed by atoms with Crippen LogP contribution in [-0.2, 0) is 6.54 Å². The van der Waals surface area contributed by atoms with Crippen LogP contribution in [0.2, 0.25) is 0 Å². The average molecular weight is 280 g/mol. The lowest BCUT2D eigenvalue weighted by Gasteiger charge is -2.08. The van der Waals surface area contributed by atoms with Crippen LogP contribution in [0.15, 0.2) is 53.6 Å². The van der Waals surface area contributed by atoms with Crippen molar-refractivity contribution in [1.82, 2.24) is 9.55 Å². The number of rotatable bonds is 3. The van der Waals surface area contributed by atoms with Crippen molar-refractivity contribution in [2.45, 2.75) is 13.5 Å². The number of ether oxygens (including phenoxy) is 1. The Hall–Kier alpha value is -2.62. The first-order valence-electron chi connectivity index (χ1n) is 6.76. The van der Waals surface area contributed by atoms with E-state index in [1.54, 1.807) is 18.0 Å². The first kappa shape index (κ1) is 13.4. The molecule has 0 amide bonds. The minimum Gasteiger partial charge on any atom is -0.497 e. The van der Waals surface area contributed by atoms with Crippen LogP contribution in [0.1, 0.15) is 11.1 Å². The van der Waals surface area contributed by atoms with Gasteiger partial charge in [0.2, 0.25) is 0 Å². The SMILES string of the molecule is COc1ccc(Cn2cnc3ccc(C)cc3c2=O)cc1. The van der Waals surface area contributed by atoms with E-state index >= 15 is 0 Å². The molecule has 0 radical (unpaired) electrons. The normalized spacial score (nSPS) is 10.8. The maximum absolute atomic E-state index is 12.5. The zero-order valence-corrected chi connectivity index (χ0v) is 12.0. The van der Waals surface area contributed by atoms with Crippen molar-refractivity contribution in [1.29, 1.82) is 0 Å². The molecule has 0 spiro atoms. The van der Waals surface area contributed by atoms with E-state index in [1.165, 1.54) is 0 Å². The predicted molar refractivity (Wildman–Crippen MR) is 82.8 cm³/mol. The second-order valence-corrected chi connectivity index (χ2v) is 5.05. The van der Waals surface area contributed by atoms with E-state index in [9.17, 15) is 4.79 Å². The lowest BCUT2D eigenvalue weighted by Crippen LogP contribution is -2.21. The molecule has 0 fully saturated rings. The second kappa shape index (κ2) is 5.40. The molecule has 4 nitrogen and oxygen atoms in total. The molecule has 0 aliphatic carbocycles. The quantitative estimate of drug-likeness (QED) is 0.741. The van der Waals surface area contributed by atoms with E-state index in [0.29, 0.717) is 11.9 Å². The van der Waals surface area contributed by atoms with Crippen molar-refractivity contribution in [2.75, 3.05) is 7.11 Å². The van der Waals surface area contributed by atoms with Crippen LogP contribution in [0.25, 0.3) is 10.9 Å². The molecule has 2 aromatic carbocycles. The molecule has 0 atom stereocenters. The summed E-state index contributed by atoms with van der Waals surface area (Å²) in [5.74, 6) is 0.804. The third kappa shape index (κ3) is 2.65. The lowest BCUT2D eigenvalue weighted by molar-refractivity contribution is 0.414. The number of fused-ring (bicyclic) bond motifs is 1. The van der Waals surface area contributed by atoms with Gasteiger partial charge in [-0.15, -0.1) is 0 Å². The third-order valence-electron chi connectivity index (χ3n) is 3.49. The van der Waals surface area contributed by atoms with Crippen LogP contribution < -0.4 is 10.3 Å². The molecule has 4 heteroatoms. The number of methoxy groups -OCH3 is 1. The Kier molecular flexibility index (Phi) is 3.44. The van der Waals surface area contributed by atoms with Gasteiger partial charge in [-0.2, -0.15) is 0 Å². The Morgan fingerprint density at radius 3 is 2.62 bits per heavy atom. The van der Waals surface area contributed by atoms with E-state index in [1.807, 2.05) is 49.4 Å². The Morgan fingerprint density at radius 2 is 1.90 bits per heavy atom. The Morgan fingerprint density at radius 1 is 1.14 bits per heavy atom. The van der Waals surface area contributed by atoms with Gasteiger partial charge in [0.15, 0.2) is 0 Å². The van der Waals surface area contributed by atoms with Gasteiger partial charge >= 0.3 is 0 Å². The molecule has 0 unspecified atom stereocenters. The van der Waals surface area contributed by atoms with Crippen molar-refractivity contribution in [3.05, 3.63) is 70.3 Å². The molecule has 0 aliphatic heterocycles. The standard InChI is InChI=1S/C17H16N2O2/c1-12-3-8-16-15(9-12)17(20)19(11-18-16)10-13-4-6-14(21-2)7-5-13/h3-9,11H,10H2,1-2H3. The summed E-state index contributed by atoms with van der Waals surface area (Å²) in [6, 6.07) is 13.4. The molecule has 0 bridgehead atoms. The molecule has 0 saturated carbocycles. The third-order valence-corrected chi connectivity index (χ3v) is 3.49. The summed E-state index contributed by atoms with van der Waals surface area (Å²) in [4.78, 5) is 16.9. The molecule has 3 aromatic rings. The summed E-state index contributed by atoms with van der Waals surface area (Å²) in [6.45, 7) is 2.47. The summed E-state index contributed by atoms with van der Waals surface area (Å²) in [7, 11) is 1.63. The van der Waals surface area contributed by atoms with Crippen molar-refractivity contribution >= 4 is 10.9 Å². The lowest BCUT2D eigenvalue weighted by atomic mass is 10.1. The Balaban J connectivity index is 2.00. The highest BCUT2D eigenvalue weighted by molar-refractivity contribution is 5.77. The van der Waals surface area contributed by atoms with Gasteiger partial charge in [-0.3, -0.25) is 9.36 Å². The van der Waals surface area contributed by atoms with E-state index < -0.39 is 0 Å². The first-order chi connectivity index (χ1) is 10.2. The molecule has 106 valence electrons. The largest absolute Gasteiger partial charge is 0.497 e. The molecule has 21 heavy (non-hydrogen) atoms. The topological polar surface area (TPSA) is 44.1 Å². The van der Waals surface area contributed by atoms with Gasteiger partial charge in [-0.1, -0.05) is 23.8 Å². The van der Waals surface area contributed by atoms with Gasteiger partial charge < -0.3 is 4.74 Å². The second-order valence-electron chi connectivity index (χ2n) is 5.05. The van der Waals surface area contributed by atoms with Gasteiger partial charge in [-0.25, -0.2) is 4.98 Å². The maximum atomic E-state index is 12.5. The molecule has 0 saturated heterocycles. The maximum Gasteiger partial charge on any atom is 0.261 e. The van der Waals surface area contributed by atoms with Crippen molar-refractivity contribution < 1.29 is 4.74 Å². The van der Waals surface area contributed by atoms with Crippen molar-refractivity contribution in [2.24, 2.45) is 0 Å². The van der Waals surface area contributed by atoms with Gasteiger partial charge in [0, 0.05) is 0 Å². The highest BCUT2D eigenvalue weighted by Gasteiger charge is 2.05. The Bertz CT molecular complexity index is 836. The van der Waals surface area contributed by atoms with Gasteiger partial charge in [0.25, 0.3) is 5.56 Å². The highest BCUT2D eigenvalue weighted by Crippen LogP contribution is 2.13. The van der Waals surface area contributed by atoms with E-state index in [-0.39, 0.29) is 5.56 Å². The summed E-state index contributed by atoms with van der Waals surface area (Å²) in [5.41, 5.74) is 2.81. The van der Waals surface area contributed by atoms with E-state index in [2.05, 4.69) is 4.98 Å². The summed E-state index contributed by atoms with van der Waals surface area (Å²) < 4.78 is 6.76. The van der Waals surface area contributed by atoms with E-state index in [0.717, 1.165) is 22.4 Å². The summed E-state index contributed by atoms with van der Waals surface area (Å²) in [5, 5.41) is 0.658. The zero-order chi connectivity index (χ0) is 14.8. The minimum atomic E-state index is -0.0143. The zero-order valence-electron chi connectivity index (χ0n) is 12.0. The molecule has 0 aliphatic rings. The monoisotopic (exact) mass is 280 g/mol. The highest BCUT2D eigenvalue weighted by atomic mass is 16.5. The fourth-order valence-corrected chi connectivity index (χ4v) is 2.31. The molecule has 1 heterocycles. The van der Waals surface area contributed by atoms with Crippen LogP contribution >= 0.6 is 0 Å². The molecular formula is C17H16N2O2. The van der Waals surface area contributed by atoms with Gasteiger partial charge in [-0.05, 0) is 36.8 Å². The number of nitrogens with zero attached hydrogens (tertiary/aromatic N) is 2. The van der Waals surface area contributed by atoms with Crippen LogP contribution in [0, 0.1) is 6.92 Å². The molecule has 1 aromatic heterocycles. The molecular weight excluding hydrogens is 264 g/mol. The minimum absolute atomic E-state index is 0.0143. The number of benzene rings is 2. The number of aromatic nitrogens is 2. The van der Waals surface area contributed by atoms with Gasteiger partial charge in [0.1, 0.15) is 5.75 Å². The number of hydrogen-bond donors (Lipinski definition) is 0. The van der Waals surface area contributed by atoms with Crippen molar-refractivity contribution in [3.8, 4) is 5.75 Å². The van der Waals surface area contributed by atoms with Crippen LogP contribution in [-0.4, -0.2) is 16.7 Å². The molecule has 0 N–H and O–H groups in total. The van der Waals surface area contributed by atoms with Crippen LogP contribution in [0.5, 0.6) is 5.75 Å². The summed E-state index contributed by atoms with van der Waals surface area (Å²) >= 11 is 0. The fourth-order valence-electron chi connectivity index (χ4n) is 2.31. The number of hydrogen-bond acceptors (Lipinski definition) is 3. The molecule has 3 rings (SSSR count). The Labute approximate surface area is 122 Å². The smallest absolute Gasteiger partial charge is 0.261 e. The summed E-state index contributed by atoms with van der Waals surface area (Å²) in [6.07, 6.45) is 1.60. The van der Waals surface area contributed by atoms with E-state index in [4.69, 9.17) is 4.74 Å². The van der Waals surface area contributed by atoms with Crippen molar-refractivity contribution in [3.63, 3.8) is 0 Å². The fraction of sp³-hybridized carbons (Fsp3) is 0.176.